The zero-order valence-corrected chi connectivity index (χ0v) is 20.3. The molecule has 0 bridgehead atoms. The molecule has 0 spiro atoms. The van der Waals surface area contributed by atoms with Gasteiger partial charge < -0.3 is 19.3 Å². The molecule has 0 aliphatic carbocycles. The van der Waals surface area contributed by atoms with Gasteiger partial charge in [0.2, 0.25) is 6.41 Å². The molecule has 1 unspecified atom stereocenters. The van der Waals surface area contributed by atoms with E-state index >= 15 is 0 Å². The summed E-state index contributed by atoms with van der Waals surface area (Å²) in [6.45, 7) is 6.71. The Morgan fingerprint density at radius 1 is 1.29 bits per heavy atom. The van der Waals surface area contributed by atoms with Gasteiger partial charge in [-0.25, -0.2) is 9.18 Å². The van der Waals surface area contributed by atoms with Crippen LogP contribution < -0.4 is 4.90 Å². The SMILES string of the molecule is C=Nc1cc(C(=O)OC)ccc1N(CC)CC[C@@H](CC(C=O)c1cccc(Cl)c1F)N(C)C=O. The Hall–Kier alpha value is -3.26. The maximum absolute atomic E-state index is 14.5. The number of methoxy groups -OCH3 is 1. The number of halogens is 2. The topological polar surface area (TPSA) is 79.3 Å². The molecule has 0 saturated carbocycles. The van der Waals surface area contributed by atoms with Crippen molar-refractivity contribution in [1.29, 1.82) is 0 Å². The zero-order valence-electron chi connectivity index (χ0n) is 19.5. The van der Waals surface area contributed by atoms with E-state index in [2.05, 4.69) is 11.7 Å². The number of aldehydes is 1. The normalized spacial score (nSPS) is 12.4. The fraction of sp³-hybridized carbons (Fsp3) is 0.360. The first kappa shape index (κ1) is 27.0. The van der Waals surface area contributed by atoms with Crippen LogP contribution >= 0.6 is 11.6 Å². The van der Waals surface area contributed by atoms with E-state index in [9.17, 15) is 18.8 Å². The van der Waals surface area contributed by atoms with Gasteiger partial charge in [-0.2, -0.15) is 0 Å². The second kappa shape index (κ2) is 12.8. The number of anilines is 1. The highest BCUT2D eigenvalue weighted by atomic mass is 35.5. The maximum atomic E-state index is 14.5. The Kier molecular flexibility index (Phi) is 10.2. The Morgan fingerprint density at radius 3 is 2.62 bits per heavy atom. The van der Waals surface area contributed by atoms with Crippen LogP contribution in [-0.2, 0) is 14.3 Å². The molecule has 9 heteroatoms. The number of aliphatic imine (C=N–C) groups is 1. The van der Waals surface area contributed by atoms with Gasteiger partial charge in [-0.15, -0.1) is 0 Å². The third-order valence-corrected chi connectivity index (χ3v) is 6.13. The highest BCUT2D eigenvalue weighted by Crippen LogP contribution is 2.32. The van der Waals surface area contributed by atoms with Crippen LogP contribution in [0, 0.1) is 5.82 Å². The van der Waals surface area contributed by atoms with Crippen molar-refractivity contribution < 1.29 is 23.5 Å². The van der Waals surface area contributed by atoms with E-state index in [0.29, 0.717) is 43.5 Å². The lowest BCUT2D eigenvalue weighted by molar-refractivity contribution is -0.119. The first-order valence-electron chi connectivity index (χ1n) is 10.8. The minimum atomic E-state index is -0.758. The molecule has 182 valence electrons. The molecule has 2 aromatic rings. The van der Waals surface area contributed by atoms with Crippen molar-refractivity contribution in [3.63, 3.8) is 0 Å². The van der Waals surface area contributed by atoms with Gasteiger partial charge in [0.25, 0.3) is 0 Å². The molecule has 0 N–H and O–H groups in total. The maximum Gasteiger partial charge on any atom is 0.337 e. The average molecular weight is 490 g/mol. The van der Waals surface area contributed by atoms with Crippen molar-refractivity contribution in [1.82, 2.24) is 4.90 Å². The van der Waals surface area contributed by atoms with E-state index < -0.39 is 17.7 Å². The van der Waals surface area contributed by atoms with Gasteiger partial charge in [0, 0.05) is 32.1 Å². The predicted molar refractivity (Wildman–Crippen MR) is 132 cm³/mol. The fourth-order valence-corrected chi connectivity index (χ4v) is 4.03. The van der Waals surface area contributed by atoms with Gasteiger partial charge in [0.15, 0.2) is 0 Å². The standard InChI is InChI=1S/C25H29ClFN3O4/c1-5-30(23-10-9-17(25(33)34-4)14-22(23)28-2)12-11-19(29(3)16-32)13-18(15-31)20-7-6-8-21(26)24(20)27/h6-10,14-16,18-19H,2,5,11-13H2,1,3-4H3/t18?,19-/m0/s1. The third kappa shape index (κ3) is 6.41. The van der Waals surface area contributed by atoms with Gasteiger partial charge >= 0.3 is 5.97 Å². The summed E-state index contributed by atoms with van der Waals surface area (Å²) in [5.74, 6) is -1.86. The zero-order chi connectivity index (χ0) is 25.3. The molecule has 0 aliphatic heterocycles. The molecule has 0 saturated heterocycles. The minimum Gasteiger partial charge on any atom is -0.465 e. The van der Waals surface area contributed by atoms with E-state index in [4.69, 9.17) is 16.3 Å². The summed E-state index contributed by atoms with van der Waals surface area (Å²) >= 11 is 5.89. The number of benzene rings is 2. The molecule has 7 nitrogen and oxygen atoms in total. The van der Waals surface area contributed by atoms with Gasteiger partial charge in [-0.05, 0) is 56.3 Å². The summed E-state index contributed by atoms with van der Waals surface area (Å²) in [5.41, 5.74) is 1.86. The number of ether oxygens (including phenoxy) is 1. The van der Waals surface area contributed by atoms with Crippen LogP contribution in [0.1, 0.15) is 41.6 Å². The van der Waals surface area contributed by atoms with Crippen molar-refractivity contribution >= 4 is 48.4 Å². The van der Waals surface area contributed by atoms with Crippen molar-refractivity contribution in [2.45, 2.75) is 31.7 Å². The first-order valence-corrected chi connectivity index (χ1v) is 11.2. The minimum absolute atomic E-state index is 0.0540. The smallest absolute Gasteiger partial charge is 0.337 e. The van der Waals surface area contributed by atoms with Crippen LogP contribution in [0.3, 0.4) is 0 Å². The van der Waals surface area contributed by atoms with E-state index in [1.165, 1.54) is 24.1 Å². The fourth-order valence-electron chi connectivity index (χ4n) is 3.85. The van der Waals surface area contributed by atoms with E-state index in [-0.39, 0.29) is 23.0 Å². The van der Waals surface area contributed by atoms with Crippen LogP contribution in [0.2, 0.25) is 5.02 Å². The average Bonchev–Trinajstić information content (AvgIpc) is 2.87. The summed E-state index contributed by atoms with van der Waals surface area (Å²) in [6.07, 6.45) is 2.12. The lowest BCUT2D eigenvalue weighted by Crippen LogP contribution is -2.36. The first-order chi connectivity index (χ1) is 16.3. The number of hydrogen-bond donors (Lipinski definition) is 0. The molecule has 0 aliphatic rings. The van der Waals surface area contributed by atoms with Gasteiger partial charge in [0.05, 0.1) is 29.1 Å². The number of carbonyl (C=O) groups excluding carboxylic acids is 3. The van der Waals surface area contributed by atoms with E-state index in [1.807, 2.05) is 11.8 Å². The van der Waals surface area contributed by atoms with E-state index in [0.717, 1.165) is 5.69 Å². The summed E-state index contributed by atoms with van der Waals surface area (Å²) in [7, 11) is 2.94. The highest BCUT2D eigenvalue weighted by Gasteiger charge is 2.25. The number of rotatable bonds is 13. The number of carbonyl (C=O) groups is 3. The second-order valence-corrected chi connectivity index (χ2v) is 8.17. The van der Waals surface area contributed by atoms with Crippen molar-refractivity contribution in [3.8, 4) is 0 Å². The second-order valence-electron chi connectivity index (χ2n) is 7.77. The lowest BCUT2D eigenvalue weighted by Gasteiger charge is -2.31. The van der Waals surface area contributed by atoms with Gasteiger partial charge in [0.1, 0.15) is 12.1 Å². The molecule has 0 fully saturated rings. The number of amides is 1. The largest absolute Gasteiger partial charge is 0.465 e. The molecule has 0 radical (unpaired) electrons. The molecular formula is C25H29ClFN3O4. The van der Waals surface area contributed by atoms with Crippen LogP contribution in [0.15, 0.2) is 41.4 Å². The molecule has 34 heavy (non-hydrogen) atoms. The lowest BCUT2D eigenvalue weighted by atomic mass is 9.91. The Morgan fingerprint density at radius 2 is 2.03 bits per heavy atom. The third-order valence-electron chi connectivity index (χ3n) is 5.83. The van der Waals surface area contributed by atoms with Crippen LogP contribution in [0.4, 0.5) is 15.8 Å². The molecule has 0 heterocycles. The Balaban J connectivity index is 2.25. The number of esters is 1. The Bertz CT molecular complexity index is 1030. The highest BCUT2D eigenvalue weighted by molar-refractivity contribution is 6.30. The van der Waals surface area contributed by atoms with E-state index in [1.54, 1.807) is 31.3 Å². The van der Waals surface area contributed by atoms with Crippen molar-refractivity contribution in [2.24, 2.45) is 4.99 Å². The molecule has 2 aromatic carbocycles. The summed E-state index contributed by atoms with van der Waals surface area (Å²) < 4.78 is 19.3. The van der Waals surface area contributed by atoms with Crippen molar-refractivity contribution in [3.05, 3.63) is 58.4 Å². The predicted octanol–water partition coefficient (Wildman–Crippen LogP) is 4.64. The molecular weight excluding hydrogens is 461 g/mol. The Labute approximate surface area is 204 Å². The summed E-state index contributed by atoms with van der Waals surface area (Å²) in [6, 6.07) is 9.24. The van der Waals surface area contributed by atoms with Gasteiger partial charge in [-0.3, -0.25) is 9.79 Å². The summed E-state index contributed by atoms with van der Waals surface area (Å²) in [5, 5.41) is -0.0540. The van der Waals surface area contributed by atoms with Crippen LogP contribution in [0.25, 0.3) is 0 Å². The van der Waals surface area contributed by atoms with Crippen LogP contribution in [0.5, 0.6) is 0 Å². The van der Waals surface area contributed by atoms with Crippen LogP contribution in [-0.4, -0.2) is 63.6 Å². The number of hydrogen-bond acceptors (Lipinski definition) is 6. The van der Waals surface area contributed by atoms with Crippen molar-refractivity contribution in [2.75, 3.05) is 32.1 Å². The molecule has 2 rings (SSSR count). The quantitative estimate of drug-likeness (QED) is 0.232. The monoisotopic (exact) mass is 489 g/mol. The summed E-state index contributed by atoms with van der Waals surface area (Å²) in [4.78, 5) is 42.8. The molecule has 1 amide bonds. The van der Waals surface area contributed by atoms with Gasteiger partial charge in [-0.1, -0.05) is 23.7 Å². The molecule has 0 aromatic heterocycles. The molecule has 2 atom stereocenters. The number of nitrogens with zero attached hydrogens (tertiary/aromatic N) is 3.